The molecule has 0 aliphatic rings. The molecule has 4 heteroatoms. The Morgan fingerprint density at radius 1 is 1.29 bits per heavy atom. The number of aryl methyl sites for hydroxylation is 4. The van der Waals surface area contributed by atoms with E-state index in [-0.39, 0.29) is 0 Å². The van der Waals surface area contributed by atoms with Gasteiger partial charge in [0.15, 0.2) is 0 Å². The smallest absolute Gasteiger partial charge is 0.0825 e. The molecule has 0 bridgehead atoms. The topological polar surface area (TPSA) is 40.7 Å². The number of hydrogen-bond acceptors (Lipinski definition) is 3. The van der Waals surface area contributed by atoms with Crippen LogP contribution < -0.4 is 5.32 Å². The first-order valence-corrected chi connectivity index (χ1v) is 6.65. The summed E-state index contributed by atoms with van der Waals surface area (Å²) in [5, 5.41) is 10.8. The molecule has 17 heavy (non-hydrogen) atoms. The minimum Gasteiger partial charge on any atom is -0.376 e. The van der Waals surface area contributed by atoms with Crippen molar-refractivity contribution in [2.24, 2.45) is 0 Å². The lowest BCUT2D eigenvalue weighted by Crippen LogP contribution is -2.08. The lowest BCUT2D eigenvalue weighted by molar-refractivity contribution is 0.877. The highest BCUT2D eigenvalue weighted by molar-refractivity contribution is 7.12. The molecule has 3 nitrogen and oxygen atoms in total. The molecular formula is C13H19N3S. The maximum atomic E-state index is 4.21. The number of hydrogen-bond donors (Lipinski definition) is 2. The molecule has 0 saturated carbocycles. The van der Waals surface area contributed by atoms with Gasteiger partial charge in [0.05, 0.1) is 17.1 Å². The van der Waals surface area contributed by atoms with E-state index in [9.17, 15) is 0 Å². The van der Waals surface area contributed by atoms with Gasteiger partial charge < -0.3 is 5.32 Å². The van der Waals surface area contributed by atoms with Crippen molar-refractivity contribution < 1.29 is 0 Å². The number of nitrogens with one attached hydrogen (secondary N) is 2. The summed E-state index contributed by atoms with van der Waals surface area (Å²) < 4.78 is 0. The lowest BCUT2D eigenvalue weighted by atomic mass is 10.1. The van der Waals surface area contributed by atoms with Crippen LogP contribution in [0.2, 0.25) is 0 Å². The molecule has 2 aromatic rings. The molecule has 0 radical (unpaired) electrons. The lowest BCUT2D eigenvalue weighted by Gasteiger charge is -2.15. The van der Waals surface area contributed by atoms with Crippen molar-refractivity contribution in [3.05, 3.63) is 32.8 Å². The van der Waals surface area contributed by atoms with Crippen LogP contribution in [-0.4, -0.2) is 10.2 Å². The summed E-state index contributed by atoms with van der Waals surface area (Å²) in [5.41, 5.74) is 4.63. The summed E-state index contributed by atoms with van der Waals surface area (Å²) in [5.74, 6) is 0. The molecule has 92 valence electrons. The van der Waals surface area contributed by atoms with E-state index in [2.05, 4.69) is 42.4 Å². The van der Waals surface area contributed by atoms with E-state index in [1.165, 1.54) is 15.3 Å². The summed E-state index contributed by atoms with van der Waals surface area (Å²) in [6.07, 6.45) is 0. The van der Waals surface area contributed by atoms with Crippen molar-refractivity contribution >= 4 is 17.0 Å². The Bertz CT molecular complexity index is 505. The fourth-order valence-electron chi connectivity index (χ4n) is 2.14. The summed E-state index contributed by atoms with van der Waals surface area (Å²) in [4.78, 5) is 2.76. The molecule has 0 aliphatic carbocycles. The Kier molecular flexibility index (Phi) is 3.24. The van der Waals surface area contributed by atoms with Crippen LogP contribution in [0.3, 0.4) is 0 Å². The highest BCUT2D eigenvalue weighted by Gasteiger charge is 2.14. The predicted octanol–water partition coefficient (Wildman–Crippen LogP) is 3.88. The van der Waals surface area contributed by atoms with Gasteiger partial charge >= 0.3 is 0 Å². The number of nitrogens with zero attached hydrogens (tertiary/aromatic N) is 1. The molecule has 2 heterocycles. The Hall–Kier alpha value is -1.29. The number of anilines is 1. The van der Waals surface area contributed by atoms with Gasteiger partial charge in [-0.25, -0.2) is 0 Å². The minimum atomic E-state index is 0.315. The molecule has 2 aromatic heterocycles. The van der Waals surface area contributed by atoms with Gasteiger partial charge in [-0.1, -0.05) is 0 Å². The van der Waals surface area contributed by atoms with Crippen molar-refractivity contribution in [3.63, 3.8) is 0 Å². The Balaban J connectivity index is 2.22. The molecule has 1 unspecified atom stereocenters. The van der Waals surface area contributed by atoms with Crippen LogP contribution in [0.4, 0.5) is 5.69 Å². The summed E-state index contributed by atoms with van der Waals surface area (Å²) in [6, 6.07) is 2.58. The first kappa shape index (κ1) is 12.2. The van der Waals surface area contributed by atoms with Crippen molar-refractivity contribution in [2.75, 3.05) is 5.32 Å². The van der Waals surface area contributed by atoms with Gasteiger partial charge in [-0.3, -0.25) is 5.10 Å². The van der Waals surface area contributed by atoms with Crippen LogP contribution in [0.1, 0.15) is 39.7 Å². The first-order chi connectivity index (χ1) is 7.99. The van der Waals surface area contributed by atoms with Gasteiger partial charge in [0.25, 0.3) is 0 Å². The summed E-state index contributed by atoms with van der Waals surface area (Å²) in [7, 11) is 0. The van der Waals surface area contributed by atoms with Crippen LogP contribution in [-0.2, 0) is 0 Å². The van der Waals surface area contributed by atoms with Gasteiger partial charge in [0.1, 0.15) is 0 Å². The van der Waals surface area contributed by atoms with E-state index in [1.807, 2.05) is 25.2 Å². The molecule has 0 spiro atoms. The Morgan fingerprint density at radius 2 is 2.00 bits per heavy atom. The zero-order chi connectivity index (χ0) is 12.6. The van der Waals surface area contributed by atoms with E-state index in [1.54, 1.807) is 0 Å². The Morgan fingerprint density at radius 3 is 2.47 bits per heavy atom. The maximum Gasteiger partial charge on any atom is 0.0825 e. The maximum absolute atomic E-state index is 4.21. The van der Waals surface area contributed by atoms with Crippen molar-refractivity contribution in [1.29, 1.82) is 0 Å². The SMILES string of the molecule is Cc1cc(C(C)Nc2c(C)n[nH]c2C)c(C)s1. The van der Waals surface area contributed by atoms with Crippen molar-refractivity contribution in [2.45, 2.75) is 40.7 Å². The van der Waals surface area contributed by atoms with Crippen LogP contribution in [0.5, 0.6) is 0 Å². The third-order valence-electron chi connectivity index (χ3n) is 3.03. The zero-order valence-electron chi connectivity index (χ0n) is 11.0. The number of rotatable bonds is 3. The van der Waals surface area contributed by atoms with Gasteiger partial charge in [0, 0.05) is 15.8 Å². The number of aromatic amines is 1. The van der Waals surface area contributed by atoms with E-state index in [0.717, 1.165) is 17.1 Å². The second kappa shape index (κ2) is 4.53. The highest BCUT2D eigenvalue weighted by Crippen LogP contribution is 2.29. The average molecular weight is 249 g/mol. The summed E-state index contributed by atoms with van der Waals surface area (Å²) in [6.45, 7) is 10.6. The second-order valence-electron chi connectivity index (χ2n) is 4.54. The third kappa shape index (κ3) is 2.36. The Labute approximate surface area is 106 Å². The molecule has 0 aromatic carbocycles. The van der Waals surface area contributed by atoms with Gasteiger partial charge in [0.2, 0.25) is 0 Å². The molecule has 0 aliphatic heterocycles. The summed E-state index contributed by atoms with van der Waals surface area (Å²) >= 11 is 1.86. The van der Waals surface area contributed by atoms with E-state index >= 15 is 0 Å². The van der Waals surface area contributed by atoms with Gasteiger partial charge in [-0.15, -0.1) is 11.3 Å². The predicted molar refractivity (Wildman–Crippen MR) is 73.9 cm³/mol. The standard InChI is InChI=1S/C13H19N3S/c1-7-6-12(11(5)17-7)8(2)14-13-9(3)15-16-10(13)4/h6,8,14H,1-5H3,(H,15,16). The number of thiophene rings is 1. The second-order valence-corrected chi connectivity index (χ2v) is 6.00. The number of H-pyrrole nitrogens is 1. The quantitative estimate of drug-likeness (QED) is 0.866. The molecule has 2 N–H and O–H groups in total. The third-order valence-corrected chi connectivity index (χ3v) is 4.02. The van der Waals surface area contributed by atoms with Crippen molar-refractivity contribution in [3.8, 4) is 0 Å². The van der Waals surface area contributed by atoms with Gasteiger partial charge in [-0.05, 0) is 46.2 Å². The first-order valence-electron chi connectivity index (χ1n) is 5.84. The van der Waals surface area contributed by atoms with E-state index in [4.69, 9.17) is 0 Å². The molecule has 2 rings (SSSR count). The zero-order valence-corrected chi connectivity index (χ0v) is 11.8. The highest BCUT2D eigenvalue weighted by atomic mass is 32.1. The largest absolute Gasteiger partial charge is 0.376 e. The van der Waals surface area contributed by atoms with E-state index in [0.29, 0.717) is 6.04 Å². The van der Waals surface area contributed by atoms with Crippen LogP contribution in [0.15, 0.2) is 6.07 Å². The van der Waals surface area contributed by atoms with Crippen LogP contribution >= 0.6 is 11.3 Å². The van der Waals surface area contributed by atoms with Gasteiger partial charge in [-0.2, -0.15) is 5.10 Å². The average Bonchev–Trinajstić information content (AvgIpc) is 2.74. The molecule has 0 amide bonds. The van der Waals surface area contributed by atoms with Crippen LogP contribution in [0, 0.1) is 27.7 Å². The number of aromatic nitrogens is 2. The molecule has 0 fully saturated rings. The fourth-order valence-corrected chi connectivity index (χ4v) is 3.16. The molecule has 1 atom stereocenters. The monoisotopic (exact) mass is 249 g/mol. The fraction of sp³-hybridized carbons (Fsp3) is 0.462. The molecular weight excluding hydrogens is 230 g/mol. The normalized spacial score (nSPS) is 12.8. The molecule has 0 saturated heterocycles. The van der Waals surface area contributed by atoms with E-state index < -0.39 is 0 Å². The van der Waals surface area contributed by atoms with Crippen LogP contribution in [0.25, 0.3) is 0 Å². The minimum absolute atomic E-state index is 0.315. The van der Waals surface area contributed by atoms with Crippen molar-refractivity contribution in [1.82, 2.24) is 10.2 Å².